The van der Waals surface area contributed by atoms with Gasteiger partial charge in [-0.1, -0.05) is 18.2 Å². The summed E-state index contributed by atoms with van der Waals surface area (Å²) in [5, 5.41) is 15.0. The van der Waals surface area contributed by atoms with Crippen LogP contribution in [0.2, 0.25) is 0 Å². The molecule has 29 heavy (non-hydrogen) atoms. The standard InChI is InChI=1S/C19H16ClF3N2O4/c1-10(2)16(27)24-12-5-8-14(15(26)9-12)25-17(28)11-3-6-13(7-4-11)29-19(22,23)18(20)21/h3-9,18,26H,1H2,2H3,(H,24,27)(H,25,28). The summed E-state index contributed by atoms with van der Waals surface area (Å²) in [5.74, 6) is -1.79. The number of halogens is 4. The van der Waals surface area contributed by atoms with Gasteiger partial charge in [-0.05, 0) is 43.3 Å². The van der Waals surface area contributed by atoms with Crippen LogP contribution in [0.1, 0.15) is 17.3 Å². The van der Waals surface area contributed by atoms with Crippen molar-refractivity contribution in [3.05, 3.63) is 60.2 Å². The van der Waals surface area contributed by atoms with Gasteiger partial charge in [-0.15, -0.1) is 0 Å². The van der Waals surface area contributed by atoms with E-state index < -0.39 is 29.3 Å². The van der Waals surface area contributed by atoms with Crippen LogP contribution < -0.4 is 15.4 Å². The molecule has 1 unspecified atom stereocenters. The van der Waals surface area contributed by atoms with Gasteiger partial charge < -0.3 is 20.5 Å². The fraction of sp³-hybridized carbons (Fsp3) is 0.158. The number of hydrogen-bond donors (Lipinski definition) is 3. The van der Waals surface area contributed by atoms with E-state index in [-0.39, 0.29) is 22.6 Å². The van der Waals surface area contributed by atoms with Gasteiger partial charge in [0.25, 0.3) is 17.4 Å². The van der Waals surface area contributed by atoms with Crippen LogP contribution in [0, 0.1) is 0 Å². The van der Waals surface area contributed by atoms with Crippen LogP contribution in [0.3, 0.4) is 0 Å². The maximum atomic E-state index is 13.1. The average Bonchev–Trinajstić information content (AvgIpc) is 2.64. The molecule has 10 heteroatoms. The van der Waals surface area contributed by atoms with Crippen LogP contribution in [0.15, 0.2) is 54.6 Å². The Bertz CT molecular complexity index is 934. The van der Waals surface area contributed by atoms with E-state index >= 15 is 0 Å². The number of alkyl halides is 4. The van der Waals surface area contributed by atoms with Crippen LogP contribution >= 0.6 is 11.6 Å². The minimum atomic E-state index is -4.22. The Hall–Kier alpha value is -3.20. The first-order chi connectivity index (χ1) is 13.5. The minimum Gasteiger partial charge on any atom is -0.506 e. The van der Waals surface area contributed by atoms with Crippen molar-refractivity contribution < 1.29 is 32.6 Å². The molecule has 2 aromatic rings. The third-order valence-electron chi connectivity index (χ3n) is 3.52. The summed E-state index contributed by atoms with van der Waals surface area (Å²) < 4.78 is 42.9. The van der Waals surface area contributed by atoms with Crippen molar-refractivity contribution in [1.82, 2.24) is 0 Å². The summed E-state index contributed by atoms with van der Waals surface area (Å²) in [5.41, 5.74) is -2.35. The van der Waals surface area contributed by atoms with Crippen molar-refractivity contribution in [2.45, 2.75) is 18.7 Å². The molecule has 6 nitrogen and oxygen atoms in total. The Balaban J connectivity index is 2.06. The molecule has 0 fully saturated rings. The van der Waals surface area contributed by atoms with Gasteiger partial charge >= 0.3 is 6.11 Å². The highest BCUT2D eigenvalue weighted by Crippen LogP contribution is 2.30. The lowest BCUT2D eigenvalue weighted by molar-refractivity contribution is -0.199. The summed E-state index contributed by atoms with van der Waals surface area (Å²) in [4.78, 5) is 23.8. The van der Waals surface area contributed by atoms with E-state index in [0.717, 1.165) is 12.1 Å². The third-order valence-corrected chi connectivity index (χ3v) is 3.77. The molecule has 1 atom stereocenters. The summed E-state index contributed by atoms with van der Waals surface area (Å²) >= 11 is 4.70. The molecule has 0 spiro atoms. The Morgan fingerprint density at radius 1 is 1.17 bits per heavy atom. The van der Waals surface area contributed by atoms with Crippen molar-refractivity contribution in [3.8, 4) is 11.5 Å². The highest BCUT2D eigenvalue weighted by atomic mass is 35.5. The van der Waals surface area contributed by atoms with E-state index in [4.69, 9.17) is 11.6 Å². The largest absolute Gasteiger partial charge is 0.506 e. The quantitative estimate of drug-likeness (QED) is 0.340. The van der Waals surface area contributed by atoms with Gasteiger partial charge in [-0.2, -0.15) is 8.78 Å². The molecular weight excluding hydrogens is 413 g/mol. The summed E-state index contributed by atoms with van der Waals surface area (Å²) in [6.07, 6.45) is -4.22. The van der Waals surface area contributed by atoms with E-state index in [1.165, 1.54) is 37.3 Å². The molecule has 0 aliphatic rings. The molecule has 0 bridgehead atoms. The zero-order chi connectivity index (χ0) is 21.8. The maximum absolute atomic E-state index is 13.1. The van der Waals surface area contributed by atoms with Crippen molar-refractivity contribution in [3.63, 3.8) is 0 Å². The number of ether oxygens (including phenoxy) is 1. The van der Waals surface area contributed by atoms with Crippen molar-refractivity contribution >= 4 is 34.8 Å². The highest BCUT2D eigenvalue weighted by Gasteiger charge is 2.42. The predicted molar refractivity (Wildman–Crippen MR) is 102 cm³/mol. The molecule has 2 amide bonds. The zero-order valence-electron chi connectivity index (χ0n) is 15.0. The number of carbonyl (C=O) groups excluding carboxylic acids is 2. The monoisotopic (exact) mass is 428 g/mol. The predicted octanol–water partition coefficient (Wildman–Crippen LogP) is 4.67. The smallest absolute Gasteiger partial charge is 0.444 e. The first kappa shape index (κ1) is 22.1. The molecule has 2 aromatic carbocycles. The molecule has 0 aliphatic carbocycles. The first-order valence-electron chi connectivity index (χ1n) is 8.06. The molecule has 154 valence electrons. The average molecular weight is 429 g/mol. The number of rotatable bonds is 7. The van der Waals surface area contributed by atoms with Crippen LogP contribution in [-0.2, 0) is 4.79 Å². The Labute approximate surface area is 168 Å². The number of carbonyl (C=O) groups is 2. The SMILES string of the molecule is C=C(C)C(=O)Nc1ccc(NC(=O)c2ccc(OC(F)(F)C(F)Cl)cc2)c(O)c1. The molecular formula is C19H16ClF3N2O4. The number of nitrogens with one attached hydrogen (secondary N) is 2. The molecule has 3 N–H and O–H groups in total. The van der Waals surface area contributed by atoms with Gasteiger partial charge in [0.1, 0.15) is 11.5 Å². The molecule has 0 saturated carbocycles. The molecule has 0 aromatic heterocycles. The van der Waals surface area contributed by atoms with E-state index in [9.17, 15) is 27.9 Å². The van der Waals surface area contributed by atoms with Gasteiger partial charge in [0.05, 0.1) is 5.69 Å². The fourth-order valence-corrected chi connectivity index (χ4v) is 2.07. The lowest BCUT2D eigenvalue weighted by Gasteiger charge is -2.17. The second-order valence-electron chi connectivity index (χ2n) is 5.91. The summed E-state index contributed by atoms with van der Waals surface area (Å²) in [7, 11) is 0. The first-order valence-corrected chi connectivity index (χ1v) is 8.49. The number of amides is 2. The van der Waals surface area contributed by atoms with Gasteiger partial charge in [0, 0.05) is 22.9 Å². The topological polar surface area (TPSA) is 87.7 Å². The number of benzene rings is 2. The van der Waals surface area contributed by atoms with E-state index in [0.29, 0.717) is 5.69 Å². The Morgan fingerprint density at radius 2 is 1.79 bits per heavy atom. The number of anilines is 2. The van der Waals surface area contributed by atoms with Crippen LogP contribution in [0.4, 0.5) is 24.5 Å². The van der Waals surface area contributed by atoms with Crippen molar-refractivity contribution in [2.24, 2.45) is 0 Å². The van der Waals surface area contributed by atoms with Gasteiger partial charge in [0.2, 0.25) is 0 Å². The summed E-state index contributed by atoms with van der Waals surface area (Å²) in [6.45, 7) is 5.01. The van der Waals surface area contributed by atoms with Crippen LogP contribution in [0.25, 0.3) is 0 Å². The Morgan fingerprint density at radius 3 is 2.31 bits per heavy atom. The third kappa shape index (κ3) is 5.89. The lowest BCUT2D eigenvalue weighted by Crippen LogP contribution is -2.32. The fourth-order valence-electron chi connectivity index (χ4n) is 2.02. The summed E-state index contributed by atoms with van der Waals surface area (Å²) in [6, 6.07) is 8.46. The zero-order valence-corrected chi connectivity index (χ0v) is 15.8. The van der Waals surface area contributed by atoms with Crippen molar-refractivity contribution in [2.75, 3.05) is 10.6 Å². The van der Waals surface area contributed by atoms with Gasteiger partial charge in [-0.25, -0.2) is 4.39 Å². The number of phenolic OH excluding ortho intramolecular Hbond substituents is 1. The maximum Gasteiger partial charge on any atom is 0.444 e. The van der Waals surface area contributed by atoms with E-state index in [2.05, 4.69) is 21.9 Å². The molecule has 0 radical (unpaired) electrons. The number of hydrogen-bond acceptors (Lipinski definition) is 4. The van der Waals surface area contributed by atoms with Crippen molar-refractivity contribution in [1.29, 1.82) is 0 Å². The van der Waals surface area contributed by atoms with Gasteiger partial charge in [0.15, 0.2) is 0 Å². The second kappa shape index (κ2) is 8.87. The number of aromatic hydroxyl groups is 1. The molecule has 2 rings (SSSR count). The molecule has 0 aliphatic heterocycles. The normalized spacial score (nSPS) is 12.0. The van der Waals surface area contributed by atoms with Gasteiger partial charge in [-0.3, -0.25) is 9.59 Å². The molecule has 0 heterocycles. The van der Waals surface area contributed by atoms with Crippen LogP contribution in [0.5, 0.6) is 11.5 Å². The lowest BCUT2D eigenvalue weighted by atomic mass is 10.2. The van der Waals surface area contributed by atoms with Crippen LogP contribution in [-0.4, -0.2) is 28.7 Å². The highest BCUT2D eigenvalue weighted by molar-refractivity contribution is 6.20. The Kier molecular flexibility index (Phi) is 6.76. The van der Waals surface area contributed by atoms with E-state index in [1.54, 1.807) is 0 Å². The molecule has 0 saturated heterocycles. The second-order valence-corrected chi connectivity index (χ2v) is 6.29. The minimum absolute atomic E-state index is 0.0533. The van der Waals surface area contributed by atoms with E-state index in [1.807, 2.05) is 0 Å². The number of phenols is 1.